The van der Waals surface area contributed by atoms with Gasteiger partial charge in [0, 0.05) is 12.6 Å². The molecule has 0 bridgehead atoms. The van der Waals surface area contributed by atoms with E-state index in [0.29, 0.717) is 34.5 Å². The zero-order valence-electron chi connectivity index (χ0n) is 22.5. The molecule has 2 aromatic carbocycles. The lowest BCUT2D eigenvalue weighted by atomic mass is 9.87. The summed E-state index contributed by atoms with van der Waals surface area (Å²) in [6.45, 7) is 6.41. The number of fused-ring (bicyclic) bond motifs is 1. The molecular weight excluding hydrogens is 508 g/mol. The van der Waals surface area contributed by atoms with Gasteiger partial charge in [0.2, 0.25) is 18.6 Å². The monoisotopic (exact) mass is 544 g/mol. The van der Waals surface area contributed by atoms with Crippen LogP contribution in [0.1, 0.15) is 63.6 Å². The van der Waals surface area contributed by atoms with Gasteiger partial charge in [0.1, 0.15) is 11.9 Å². The Balaban J connectivity index is 1.70. The maximum atomic E-state index is 13.9. The van der Waals surface area contributed by atoms with Gasteiger partial charge in [-0.25, -0.2) is 0 Å². The van der Waals surface area contributed by atoms with Gasteiger partial charge in [-0.1, -0.05) is 19.1 Å². The van der Waals surface area contributed by atoms with Crippen LogP contribution in [-0.4, -0.2) is 48.6 Å². The number of rotatable bonds is 10. The molecule has 0 aromatic heterocycles. The number of methoxy groups -OCH3 is 1. The van der Waals surface area contributed by atoms with Crippen LogP contribution in [0.25, 0.3) is 0 Å². The molecule has 4 rings (SSSR count). The van der Waals surface area contributed by atoms with Gasteiger partial charge in [-0.05, 0) is 80.8 Å². The summed E-state index contributed by atoms with van der Waals surface area (Å²) in [6.07, 6.45) is 3.90. The Hall–Kier alpha value is -3.13. The normalized spacial score (nSPS) is 19.1. The zero-order chi connectivity index (χ0) is 27.2. The minimum Gasteiger partial charge on any atom is -0.493 e. The van der Waals surface area contributed by atoms with Gasteiger partial charge < -0.3 is 29.2 Å². The number of halogens is 1. The number of benzene rings is 2. The van der Waals surface area contributed by atoms with Crippen molar-refractivity contribution in [3.63, 3.8) is 0 Å². The lowest BCUT2D eigenvalue weighted by Gasteiger charge is -2.34. The summed E-state index contributed by atoms with van der Waals surface area (Å²) >= 11 is 6.08. The van der Waals surface area contributed by atoms with E-state index in [2.05, 4.69) is 12.2 Å². The van der Waals surface area contributed by atoms with Crippen LogP contribution in [-0.2, 0) is 16.1 Å². The van der Waals surface area contributed by atoms with E-state index < -0.39 is 6.04 Å². The van der Waals surface area contributed by atoms with Crippen LogP contribution in [0.4, 0.5) is 0 Å². The van der Waals surface area contributed by atoms with Crippen LogP contribution < -0.4 is 24.3 Å². The maximum Gasteiger partial charge on any atom is 0.247 e. The van der Waals surface area contributed by atoms with Crippen molar-refractivity contribution in [3.8, 4) is 23.0 Å². The molecule has 0 saturated heterocycles. The highest BCUT2D eigenvalue weighted by atomic mass is 35.5. The molecule has 38 heavy (non-hydrogen) atoms. The highest BCUT2D eigenvalue weighted by molar-refractivity contribution is 6.27. The van der Waals surface area contributed by atoms with Crippen LogP contribution >= 0.6 is 11.6 Å². The van der Waals surface area contributed by atoms with E-state index in [1.807, 2.05) is 32.0 Å². The maximum absolute atomic E-state index is 13.9. The summed E-state index contributed by atoms with van der Waals surface area (Å²) in [5.74, 6) is 2.09. The largest absolute Gasteiger partial charge is 0.493 e. The minimum atomic E-state index is -0.923. The second-order valence-electron chi connectivity index (χ2n) is 10.3. The Morgan fingerprint density at radius 1 is 1.05 bits per heavy atom. The van der Waals surface area contributed by atoms with E-state index in [1.54, 1.807) is 25.3 Å². The van der Waals surface area contributed by atoms with Crippen molar-refractivity contribution < 1.29 is 28.5 Å². The number of nitrogens with one attached hydrogen (secondary N) is 1. The van der Waals surface area contributed by atoms with Crippen molar-refractivity contribution in [2.45, 2.75) is 71.2 Å². The molecule has 1 aliphatic carbocycles. The van der Waals surface area contributed by atoms with Crippen LogP contribution in [0, 0.1) is 5.92 Å². The topological polar surface area (TPSA) is 86.3 Å². The number of amides is 2. The van der Waals surface area contributed by atoms with Gasteiger partial charge >= 0.3 is 0 Å². The molecule has 2 aromatic rings. The highest BCUT2D eigenvalue weighted by Gasteiger charge is 2.34. The molecule has 8 nitrogen and oxygen atoms in total. The fourth-order valence-electron chi connectivity index (χ4n) is 5.00. The first kappa shape index (κ1) is 27.9. The Morgan fingerprint density at radius 2 is 1.79 bits per heavy atom. The Kier molecular flexibility index (Phi) is 9.26. The molecule has 1 fully saturated rings. The number of ether oxygens (including phenoxy) is 4. The molecule has 0 spiro atoms. The summed E-state index contributed by atoms with van der Waals surface area (Å²) in [6, 6.07) is 9.98. The average molecular weight is 545 g/mol. The van der Waals surface area contributed by atoms with E-state index in [-0.39, 0.29) is 43.2 Å². The van der Waals surface area contributed by atoms with Gasteiger partial charge in [-0.2, -0.15) is 0 Å². The van der Waals surface area contributed by atoms with Crippen molar-refractivity contribution >= 4 is 23.4 Å². The summed E-state index contributed by atoms with van der Waals surface area (Å²) in [4.78, 5) is 28.7. The number of hydrogen-bond acceptors (Lipinski definition) is 6. The van der Waals surface area contributed by atoms with E-state index in [9.17, 15) is 9.59 Å². The van der Waals surface area contributed by atoms with E-state index in [0.717, 1.165) is 31.2 Å². The van der Waals surface area contributed by atoms with Gasteiger partial charge in [-0.15, -0.1) is 11.6 Å². The second-order valence-corrected chi connectivity index (χ2v) is 10.6. The van der Waals surface area contributed by atoms with Crippen molar-refractivity contribution in [3.05, 3.63) is 47.5 Å². The van der Waals surface area contributed by atoms with E-state index in [1.165, 1.54) is 4.90 Å². The predicted molar refractivity (Wildman–Crippen MR) is 145 cm³/mol. The predicted octanol–water partition coefficient (Wildman–Crippen LogP) is 5.21. The summed E-state index contributed by atoms with van der Waals surface area (Å²) in [5, 5.41) is 3.22. The molecule has 9 heteroatoms. The molecule has 0 unspecified atom stereocenters. The fraction of sp³-hybridized carbons (Fsp3) is 0.517. The van der Waals surface area contributed by atoms with Crippen LogP contribution in [0.2, 0.25) is 0 Å². The zero-order valence-corrected chi connectivity index (χ0v) is 23.3. The van der Waals surface area contributed by atoms with Crippen LogP contribution in [0.15, 0.2) is 36.4 Å². The quantitative estimate of drug-likeness (QED) is 0.413. The van der Waals surface area contributed by atoms with Crippen molar-refractivity contribution in [1.82, 2.24) is 10.2 Å². The standard InChI is InChI=1S/C29H37ClN2O6/c1-18(2)38-24-12-8-21(14-25(24)35-4)28(29(34)31-22-9-5-19(3)6-10-22)32(27(33)15-30)16-20-7-11-23-26(13-20)37-17-36-23/h7-8,11-14,18-19,22,28H,5-6,9-10,15-17H2,1-4H3,(H,31,34)/t19?,22?,28-/m0/s1. The Labute approximate surface area is 229 Å². The number of nitrogens with zero attached hydrogens (tertiary/aromatic N) is 1. The smallest absolute Gasteiger partial charge is 0.247 e. The minimum absolute atomic E-state index is 0.0529. The number of hydrogen-bond donors (Lipinski definition) is 1. The second kappa shape index (κ2) is 12.6. The van der Waals surface area contributed by atoms with Gasteiger partial charge in [0.05, 0.1) is 13.2 Å². The number of carbonyl (C=O) groups is 2. The third-order valence-electron chi connectivity index (χ3n) is 7.01. The third-order valence-corrected chi connectivity index (χ3v) is 7.24. The molecule has 2 amide bonds. The summed E-state index contributed by atoms with van der Waals surface area (Å²) in [7, 11) is 1.55. The molecule has 1 heterocycles. The summed E-state index contributed by atoms with van der Waals surface area (Å²) in [5.41, 5.74) is 1.41. The molecule has 1 aliphatic heterocycles. The molecule has 206 valence electrons. The van der Waals surface area contributed by atoms with Gasteiger partial charge in [0.25, 0.3) is 0 Å². The first-order chi connectivity index (χ1) is 18.3. The number of carbonyl (C=O) groups excluding carboxylic acids is 2. The molecule has 1 saturated carbocycles. The van der Waals surface area contributed by atoms with Crippen molar-refractivity contribution in [1.29, 1.82) is 0 Å². The molecule has 1 atom stereocenters. The fourth-order valence-corrected chi connectivity index (χ4v) is 5.15. The molecular formula is C29H37ClN2O6. The SMILES string of the molecule is COc1cc([C@@H](C(=O)NC2CCC(C)CC2)N(Cc2ccc3c(c2)OCO3)C(=O)CCl)ccc1OC(C)C. The van der Waals surface area contributed by atoms with Crippen LogP contribution in [0.5, 0.6) is 23.0 Å². The lowest BCUT2D eigenvalue weighted by Crippen LogP contribution is -2.47. The van der Waals surface area contributed by atoms with Gasteiger partial charge in [0.15, 0.2) is 23.0 Å². The van der Waals surface area contributed by atoms with Gasteiger partial charge in [-0.3, -0.25) is 9.59 Å². The Morgan fingerprint density at radius 3 is 2.47 bits per heavy atom. The lowest BCUT2D eigenvalue weighted by molar-refractivity contribution is -0.140. The third kappa shape index (κ3) is 6.65. The molecule has 2 aliphatic rings. The Bertz CT molecular complexity index is 1130. The average Bonchev–Trinajstić information content (AvgIpc) is 3.37. The first-order valence-electron chi connectivity index (χ1n) is 13.2. The molecule has 0 radical (unpaired) electrons. The summed E-state index contributed by atoms with van der Waals surface area (Å²) < 4.78 is 22.4. The van der Waals surface area contributed by atoms with Crippen LogP contribution in [0.3, 0.4) is 0 Å². The van der Waals surface area contributed by atoms with E-state index in [4.69, 9.17) is 30.5 Å². The number of alkyl halides is 1. The highest BCUT2D eigenvalue weighted by Crippen LogP contribution is 2.36. The molecule has 1 N–H and O–H groups in total. The van der Waals surface area contributed by atoms with Crippen molar-refractivity contribution in [2.24, 2.45) is 5.92 Å². The first-order valence-corrected chi connectivity index (χ1v) is 13.7. The van der Waals surface area contributed by atoms with Crippen molar-refractivity contribution in [2.75, 3.05) is 19.8 Å². The van der Waals surface area contributed by atoms with E-state index >= 15 is 0 Å².